The van der Waals surface area contributed by atoms with Crippen LogP contribution in [0.5, 0.6) is 11.5 Å². The monoisotopic (exact) mass is 344 g/mol. The lowest BCUT2D eigenvalue weighted by Gasteiger charge is -2.32. The summed E-state index contributed by atoms with van der Waals surface area (Å²) in [5.74, 6) is 1.66. The van der Waals surface area contributed by atoms with Gasteiger partial charge < -0.3 is 14.8 Å². The molecule has 3 aliphatic rings. The zero-order chi connectivity index (χ0) is 17.3. The molecule has 0 bridgehead atoms. The highest BCUT2D eigenvalue weighted by Crippen LogP contribution is 2.41. The van der Waals surface area contributed by atoms with Gasteiger partial charge in [0.25, 0.3) is 0 Å². The zero-order valence-electron chi connectivity index (χ0n) is 15.1. The fourth-order valence-corrected chi connectivity index (χ4v) is 4.84. The summed E-state index contributed by atoms with van der Waals surface area (Å²) in [5, 5.41) is 3.17. The molecule has 0 saturated carbocycles. The van der Waals surface area contributed by atoms with Gasteiger partial charge in [0.2, 0.25) is 5.91 Å². The maximum atomic E-state index is 12.6. The normalized spacial score (nSPS) is 24.3. The number of hydrogen-bond acceptors (Lipinski definition) is 4. The first-order chi connectivity index (χ1) is 12.2. The molecule has 5 nitrogen and oxygen atoms in total. The van der Waals surface area contributed by atoms with Crippen LogP contribution >= 0.6 is 0 Å². The lowest BCUT2D eigenvalue weighted by atomic mass is 9.90. The molecule has 0 aliphatic carbocycles. The minimum Gasteiger partial charge on any atom is -0.497 e. The van der Waals surface area contributed by atoms with Crippen LogP contribution in [0.4, 0.5) is 0 Å². The van der Waals surface area contributed by atoms with E-state index in [2.05, 4.69) is 10.2 Å². The molecule has 1 unspecified atom stereocenters. The van der Waals surface area contributed by atoms with Crippen LogP contribution in [0.1, 0.15) is 37.7 Å². The Morgan fingerprint density at radius 3 is 2.92 bits per heavy atom. The number of fused-ring (bicyclic) bond motifs is 2. The number of carbonyl (C=O) groups is 1. The Bertz CT molecular complexity index is 636. The number of rotatable bonds is 5. The Hall–Kier alpha value is -1.75. The van der Waals surface area contributed by atoms with E-state index in [1.54, 1.807) is 7.11 Å². The van der Waals surface area contributed by atoms with Gasteiger partial charge in [0.15, 0.2) is 0 Å². The minimum atomic E-state index is -0.0957. The number of nitrogens with zero attached hydrogens (tertiary/aromatic N) is 1. The van der Waals surface area contributed by atoms with Crippen molar-refractivity contribution in [1.82, 2.24) is 10.2 Å². The molecule has 25 heavy (non-hydrogen) atoms. The van der Waals surface area contributed by atoms with E-state index >= 15 is 0 Å². The van der Waals surface area contributed by atoms with Crippen molar-refractivity contribution in [3.8, 4) is 11.5 Å². The quantitative estimate of drug-likeness (QED) is 0.891. The number of carbonyl (C=O) groups excluding carboxylic acids is 1. The summed E-state index contributed by atoms with van der Waals surface area (Å²) in [6.45, 7) is 3.71. The van der Waals surface area contributed by atoms with E-state index < -0.39 is 0 Å². The summed E-state index contributed by atoms with van der Waals surface area (Å²) in [7, 11) is 1.65. The molecule has 1 aromatic rings. The van der Waals surface area contributed by atoms with E-state index in [1.807, 2.05) is 18.2 Å². The molecule has 3 aliphatic heterocycles. The Kier molecular flexibility index (Phi) is 4.59. The highest BCUT2D eigenvalue weighted by Gasteiger charge is 2.43. The minimum absolute atomic E-state index is 0.0957. The molecule has 3 heterocycles. The molecule has 2 saturated heterocycles. The lowest BCUT2D eigenvalue weighted by molar-refractivity contribution is -0.126. The maximum absolute atomic E-state index is 12.6. The van der Waals surface area contributed by atoms with Crippen LogP contribution in [0.2, 0.25) is 0 Å². The van der Waals surface area contributed by atoms with Crippen molar-refractivity contribution in [1.29, 1.82) is 0 Å². The lowest BCUT2D eigenvalue weighted by Crippen LogP contribution is -2.43. The molecule has 0 aromatic heterocycles. The van der Waals surface area contributed by atoms with Gasteiger partial charge in [-0.1, -0.05) is 6.07 Å². The summed E-state index contributed by atoms with van der Waals surface area (Å²) in [6.07, 6.45) is 7.03. The van der Waals surface area contributed by atoms with Crippen LogP contribution < -0.4 is 14.8 Å². The van der Waals surface area contributed by atoms with E-state index in [9.17, 15) is 4.79 Å². The second kappa shape index (κ2) is 6.87. The highest BCUT2D eigenvalue weighted by molar-refractivity contribution is 5.79. The van der Waals surface area contributed by atoms with Crippen molar-refractivity contribution in [3.05, 3.63) is 23.8 Å². The molecule has 4 rings (SSSR count). The van der Waals surface area contributed by atoms with Crippen molar-refractivity contribution in [2.24, 2.45) is 5.92 Å². The summed E-state index contributed by atoms with van der Waals surface area (Å²) >= 11 is 0. The molecule has 136 valence electrons. The van der Waals surface area contributed by atoms with Gasteiger partial charge in [-0.3, -0.25) is 9.69 Å². The van der Waals surface area contributed by atoms with E-state index in [0.717, 1.165) is 36.4 Å². The first kappa shape index (κ1) is 16.7. The van der Waals surface area contributed by atoms with Crippen molar-refractivity contribution < 1.29 is 14.3 Å². The van der Waals surface area contributed by atoms with Crippen LogP contribution in [-0.4, -0.2) is 49.7 Å². The highest BCUT2D eigenvalue weighted by atomic mass is 16.5. The van der Waals surface area contributed by atoms with Crippen LogP contribution in [0.25, 0.3) is 0 Å². The number of amides is 1. The van der Waals surface area contributed by atoms with Gasteiger partial charge in [0.05, 0.1) is 13.0 Å². The van der Waals surface area contributed by atoms with Crippen LogP contribution in [0, 0.1) is 5.92 Å². The van der Waals surface area contributed by atoms with Gasteiger partial charge in [-0.05, 0) is 63.2 Å². The Labute approximate surface area is 149 Å². The fourth-order valence-electron chi connectivity index (χ4n) is 4.84. The molecular formula is C20H28N2O3. The number of nitrogens with one attached hydrogen (secondary N) is 1. The molecule has 1 atom stereocenters. The molecule has 1 N–H and O–H groups in total. The number of methoxy groups -OCH3 is 1. The molecule has 0 spiro atoms. The second-order valence-corrected chi connectivity index (χ2v) is 7.65. The van der Waals surface area contributed by atoms with E-state index in [4.69, 9.17) is 9.47 Å². The molecule has 5 heteroatoms. The first-order valence-corrected chi connectivity index (χ1v) is 9.53. The second-order valence-electron chi connectivity index (χ2n) is 7.65. The van der Waals surface area contributed by atoms with E-state index in [1.165, 1.54) is 38.8 Å². The van der Waals surface area contributed by atoms with Gasteiger partial charge in [-0.25, -0.2) is 0 Å². The third-order valence-electron chi connectivity index (χ3n) is 6.25. The summed E-state index contributed by atoms with van der Waals surface area (Å²) < 4.78 is 11.0. The van der Waals surface area contributed by atoms with Crippen LogP contribution in [-0.2, 0) is 11.2 Å². The molecule has 2 fully saturated rings. The largest absolute Gasteiger partial charge is 0.497 e. The van der Waals surface area contributed by atoms with Gasteiger partial charge in [0.1, 0.15) is 18.1 Å². The maximum Gasteiger partial charge on any atom is 0.226 e. The van der Waals surface area contributed by atoms with Crippen molar-refractivity contribution >= 4 is 5.91 Å². The number of benzene rings is 1. The topological polar surface area (TPSA) is 50.8 Å². The fraction of sp³-hybridized carbons (Fsp3) is 0.650. The first-order valence-electron chi connectivity index (χ1n) is 9.53. The Balaban J connectivity index is 1.30. The number of hydrogen-bond donors (Lipinski definition) is 1. The molecule has 0 radical (unpaired) electrons. The average molecular weight is 344 g/mol. The van der Waals surface area contributed by atoms with Crippen LogP contribution in [0.15, 0.2) is 18.2 Å². The predicted octanol–water partition coefficient (Wildman–Crippen LogP) is 2.38. The summed E-state index contributed by atoms with van der Waals surface area (Å²) in [5.41, 5.74) is 1.46. The zero-order valence-corrected chi connectivity index (χ0v) is 15.1. The summed E-state index contributed by atoms with van der Waals surface area (Å²) in [6, 6.07) is 5.83. The summed E-state index contributed by atoms with van der Waals surface area (Å²) in [4.78, 5) is 15.2. The number of ether oxygens (including phenoxy) is 2. The van der Waals surface area contributed by atoms with E-state index in [0.29, 0.717) is 12.1 Å². The standard InChI is InChI=1S/C20H28N2O3/c1-24-17-5-4-15-12-16(14-25-18(15)13-17)19(23)21-9-8-20-6-2-10-22(20)11-3-7-20/h4-5,13,16H,2-3,6-12,14H2,1H3,(H,21,23). The SMILES string of the molecule is COc1ccc2c(c1)OCC(C(=O)NCCC13CCCN1CCC3)C2. The van der Waals surface area contributed by atoms with Gasteiger partial charge in [0, 0.05) is 18.2 Å². The van der Waals surface area contributed by atoms with Crippen molar-refractivity contribution in [3.63, 3.8) is 0 Å². The molecular weight excluding hydrogens is 316 g/mol. The predicted molar refractivity (Wildman–Crippen MR) is 96.1 cm³/mol. The Morgan fingerprint density at radius 1 is 1.36 bits per heavy atom. The Morgan fingerprint density at radius 2 is 2.16 bits per heavy atom. The van der Waals surface area contributed by atoms with Gasteiger partial charge in [-0.2, -0.15) is 0 Å². The average Bonchev–Trinajstić information content (AvgIpc) is 3.20. The third-order valence-corrected chi connectivity index (χ3v) is 6.25. The smallest absolute Gasteiger partial charge is 0.226 e. The van der Waals surface area contributed by atoms with E-state index in [-0.39, 0.29) is 11.8 Å². The van der Waals surface area contributed by atoms with Crippen LogP contribution in [0.3, 0.4) is 0 Å². The molecule has 1 amide bonds. The molecule has 1 aromatic carbocycles. The van der Waals surface area contributed by atoms with Crippen molar-refractivity contribution in [2.45, 2.75) is 44.1 Å². The van der Waals surface area contributed by atoms with Gasteiger partial charge in [-0.15, -0.1) is 0 Å². The third kappa shape index (κ3) is 3.22. The van der Waals surface area contributed by atoms with Crippen molar-refractivity contribution in [2.75, 3.05) is 33.4 Å². The van der Waals surface area contributed by atoms with Gasteiger partial charge >= 0.3 is 0 Å².